The Morgan fingerprint density at radius 1 is 0.211 bits per heavy atom. The Morgan fingerprint density at radius 3 is 0.729 bits per heavy atom. The molecular weight excluding hydrogens is 1600 g/mol. The minimum Gasteiger partial charge on any atom is -0.311 e. The van der Waals surface area contributed by atoms with E-state index >= 15 is 0 Å². The third-order valence-corrected chi connectivity index (χ3v) is 27.7. The van der Waals surface area contributed by atoms with Crippen LogP contribution < -0.4 is 26.2 Å². The topological polar surface area (TPSA) is 16.3 Å². The van der Waals surface area contributed by atoms with Crippen molar-refractivity contribution in [1.82, 2.24) is 9.13 Å². The molecule has 4 heterocycles. The number of hydrogen-bond donors (Lipinski definition) is 0. The van der Waals surface area contributed by atoms with Gasteiger partial charge < -0.3 is 18.9 Å². The Hall–Kier alpha value is -10.9. The molecule has 0 N–H and O–H groups in total. The summed E-state index contributed by atoms with van der Waals surface area (Å²) >= 11 is 0. The molecule has 0 atom stereocenters. The Kier molecular flexibility index (Phi) is 23.3. The number of rotatable bonds is 14. The van der Waals surface area contributed by atoms with Gasteiger partial charge >= 0.3 is 0 Å². The van der Waals surface area contributed by atoms with E-state index in [2.05, 4.69) is 490 Å². The van der Waals surface area contributed by atoms with Crippen LogP contribution in [0, 0.1) is 32.5 Å². The Morgan fingerprint density at radius 2 is 0.474 bits per heavy atom. The van der Waals surface area contributed by atoms with E-state index in [1.165, 1.54) is 188 Å². The van der Waals surface area contributed by atoms with Crippen molar-refractivity contribution < 1.29 is 0 Å². The van der Waals surface area contributed by atoms with Gasteiger partial charge in [0, 0.05) is 66.8 Å². The summed E-state index contributed by atoms with van der Waals surface area (Å²) in [5.74, 6) is 0. The minimum atomic E-state index is -0.372. The molecule has 15 aromatic rings. The van der Waals surface area contributed by atoms with Gasteiger partial charge in [-0.2, -0.15) is 0 Å². The van der Waals surface area contributed by atoms with Crippen LogP contribution in [0.5, 0.6) is 0 Å². The number of nitrogens with zero attached hydrogens (tertiary/aromatic N) is 4. The summed E-state index contributed by atoms with van der Waals surface area (Å²) in [6.45, 7) is 78.6. The molecule has 0 saturated carbocycles. The first-order chi connectivity index (χ1) is 61.7. The Balaban J connectivity index is 1.08. The normalized spacial score (nSPS) is 13.9. The van der Waals surface area contributed by atoms with E-state index < -0.39 is 0 Å². The minimum absolute atomic E-state index is 0.0393. The average Bonchev–Trinajstić information content (AvgIpc) is 0.905. The molecule has 13 aromatic carbocycles. The van der Waals surface area contributed by atoms with E-state index in [9.17, 15) is 0 Å². The van der Waals surface area contributed by atoms with Crippen LogP contribution in [-0.2, 0) is 65.6 Å². The lowest BCUT2D eigenvalue weighted by molar-refractivity contribution is 0.410. The van der Waals surface area contributed by atoms with Gasteiger partial charge in [0.2, 0.25) is 0 Å². The summed E-state index contributed by atoms with van der Waals surface area (Å²) in [6.07, 6.45) is 5.52. The van der Waals surface area contributed by atoms with Crippen molar-refractivity contribution in [3.05, 3.63) is 304 Å². The van der Waals surface area contributed by atoms with Crippen molar-refractivity contribution in [2.75, 3.05) is 9.80 Å². The van der Waals surface area contributed by atoms with Crippen LogP contribution in [0.3, 0.4) is 0 Å². The summed E-state index contributed by atoms with van der Waals surface area (Å²) in [4.78, 5) is 5.65. The molecule has 0 saturated heterocycles. The van der Waals surface area contributed by atoms with Crippen LogP contribution in [0.1, 0.15) is 290 Å². The molecule has 17 rings (SSSR count). The standard InChI is InChI=1S/C128H151BN4/c1-118(2,3)74-80-38-34-42-84(58-80)97-72-111(99(62-88(97)78-122(13,14)15)86-44-36-40-82(60-86)76-120(7,8)9)132-113-70-95(130-107-54-46-90(124(19,20)21)64-101(107)102-65-91(125(22,23)24)47-55-108(102)130)50-52-105(113)129-106-53-51-96(131-109-56-48-92(126(25,26)27)66-103(109)104-67-93(127(28,29)30)49-57-110(104)131)71-114(106)133(116-69-94(128(31,32)33)68-115(132)117(116)129)112-73-98(85-43-35-39-81(59-85)75-119(4,5)6)89(79-123(16,17)18)63-100(112)87-45-37-41-83(61-87)77-121(10,11)12/h34-73H,74-79H2,1-33H3. The molecule has 0 fully saturated rings. The lowest BCUT2D eigenvalue weighted by atomic mass is 9.33. The van der Waals surface area contributed by atoms with Gasteiger partial charge in [-0.15, -0.1) is 0 Å². The van der Waals surface area contributed by atoms with Crippen LogP contribution in [0.4, 0.5) is 34.1 Å². The molecule has 2 aliphatic rings. The molecule has 0 aliphatic carbocycles. The fraction of sp³-hybridized carbons (Fsp3) is 0.391. The molecule has 2 aliphatic heterocycles. The first kappa shape index (κ1) is 93.9. The lowest BCUT2D eigenvalue weighted by Gasteiger charge is -2.46. The smallest absolute Gasteiger partial charge is 0.252 e. The number of aromatic nitrogens is 2. The van der Waals surface area contributed by atoms with Gasteiger partial charge in [0.05, 0.1) is 33.4 Å². The Bertz CT molecular complexity index is 6520. The first-order valence-corrected chi connectivity index (χ1v) is 49.7. The summed E-state index contributed by atoms with van der Waals surface area (Å²) in [5.41, 5.74) is 41.8. The maximum Gasteiger partial charge on any atom is 0.252 e. The molecule has 0 bridgehead atoms. The summed E-state index contributed by atoms with van der Waals surface area (Å²) in [5, 5.41) is 5.09. The van der Waals surface area contributed by atoms with Gasteiger partial charge in [0.25, 0.3) is 6.71 Å². The Labute approximate surface area is 800 Å². The highest BCUT2D eigenvalue weighted by Gasteiger charge is 2.47. The van der Waals surface area contributed by atoms with Crippen molar-refractivity contribution in [2.45, 2.75) is 294 Å². The van der Waals surface area contributed by atoms with Gasteiger partial charge in [-0.25, -0.2) is 0 Å². The highest BCUT2D eigenvalue weighted by atomic mass is 15.2. The van der Waals surface area contributed by atoms with Gasteiger partial charge in [-0.1, -0.05) is 362 Å². The zero-order valence-corrected chi connectivity index (χ0v) is 87.2. The molecule has 2 aromatic heterocycles. The van der Waals surface area contributed by atoms with Crippen LogP contribution in [0.2, 0.25) is 0 Å². The maximum absolute atomic E-state index is 2.82. The predicted octanol–water partition coefficient (Wildman–Crippen LogP) is 34.7. The molecule has 0 radical (unpaired) electrons. The van der Waals surface area contributed by atoms with Crippen LogP contribution >= 0.6 is 0 Å². The summed E-state index contributed by atoms with van der Waals surface area (Å²) in [7, 11) is 0. The van der Waals surface area contributed by atoms with Crippen molar-refractivity contribution in [1.29, 1.82) is 0 Å². The van der Waals surface area contributed by atoms with E-state index in [-0.39, 0.29) is 66.3 Å². The highest BCUT2D eigenvalue weighted by Crippen LogP contribution is 2.55. The number of benzene rings is 13. The number of anilines is 6. The molecule has 133 heavy (non-hydrogen) atoms. The molecule has 5 heteroatoms. The molecule has 4 nitrogen and oxygen atoms in total. The van der Waals surface area contributed by atoms with Gasteiger partial charge in [-0.05, 0) is 318 Å². The second kappa shape index (κ2) is 33.0. The van der Waals surface area contributed by atoms with Gasteiger partial charge in [0.15, 0.2) is 0 Å². The molecular formula is C128H151BN4. The van der Waals surface area contributed by atoms with Gasteiger partial charge in [-0.3, -0.25) is 0 Å². The fourth-order valence-electron chi connectivity index (χ4n) is 21.6. The average molecular weight is 1760 g/mol. The van der Waals surface area contributed by atoms with E-state index in [4.69, 9.17) is 0 Å². The molecule has 0 unspecified atom stereocenters. The van der Waals surface area contributed by atoms with Crippen molar-refractivity contribution in [3.8, 4) is 55.9 Å². The van der Waals surface area contributed by atoms with E-state index in [1.54, 1.807) is 0 Å². The third-order valence-electron chi connectivity index (χ3n) is 27.7. The van der Waals surface area contributed by atoms with E-state index in [0.717, 1.165) is 61.3 Å². The third kappa shape index (κ3) is 19.2. The lowest BCUT2D eigenvalue weighted by Crippen LogP contribution is -2.61. The summed E-state index contributed by atoms with van der Waals surface area (Å²) in [6, 6.07) is 99.5. The maximum atomic E-state index is 2.82. The quantitative estimate of drug-likeness (QED) is 0.101. The van der Waals surface area contributed by atoms with Crippen LogP contribution in [-0.4, -0.2) is 15.8 Å². The van der Waals surface area contributed by atoms with Crippen LogP contribution in [0.25, 0.3) is 99.5 Å². The second-order valence-electron chi connectivity index (χ2n) is 52.6. The van der Waals surface area contributed by atoms with Crippen molar-refractivity contribution in [2.24, 2.45) is 32.5 Å². The zero-order valence-electron chi connectivity index (χ0n) is 87.2. The highest BCUT2D eigenvalue weighted by molar-refractivity contribution is 7.00. The first-order valence-electron chi connectivity index (χ1n) is 49.7. The fourth-order valence-corrected chi connectivity index (χ4v) is 21.6. The molecule has 686 valence electrons. The molecule has 0 spiro atoms. The van der Waals surface area contributed by atoms with Crippen molar-refractivity contribution in [3.63, 3.8) is 0 Å². The van der Waals surface area contributed by atoms with Crippen LogP contribution in [0.15, 0.2) is 243 Å². The van der Waals surface area contributed by atoms with Gasteiger partial charge in [0.1, 0.15) is 0 Å². The predicted molar refractivity (Wildman–Crippen MR) is 583 cm³/mol. The van der Waals surface area contributed by atoms with Crippen molar-refractivity contribution >= 4 is 101 Å². The number of hydrogen-bond acceptors (Lipinski definition) is 2. The zero-order chi connectivity index (χ0) is 95.9. The van der Waals surface area contributed by atoms with E-state index in [0.29, 0.717) is 0 Å². The molecule has 0 amide bonds. The number of fused-ring (bicyclic) bond motifs is 10. The monoisotopic (exact) mass is 1760 g/mol. The SMILES string of the molecule is CC(C)(C)Cc1cccc(-c2cc(N3c4cc(-n5c6ccc(C(C)(C)C)cc6c6cc(C(C)(C)C)ccc65)ccc4B4c5ccc(-n6c7ccc(C(C)(C)C)cc7c7cc(C(C)(C)C)ccc76)cc5N(c5cc(-c6cccc(CC(C)(C)C)c6)c(CC(C)(C)C)cc5-c5cccc(CC(C)(C)C)c5)c5cc(C(C)(C)C)cc3c54)c(-c3cccc(CC(C)(C)C)c3)cc2CC(C)(C)C)c1. The second-order valence-corrected chi connectivity index (χ2v) is 52.6. The van der Waals surface area contributed by atoms with E-state index in [1.807, 2.05) is 0 Å². The summed E-state index contributed by atoms with van der Waals surface area (Å²) < 4.78 is 5.23. The largest absolute Gasteiger partial charge is 0.311 e.